The smallest absolute Gasteiger partial charge is 0.315 e. The van der Waals surface area contributed by atoms with Crippen LogP contribution >= 0.6 is 0 Å². The van der Waals surface area contributed by atoms with E-state index >= 15 is 0 Å². The molecule has 0 N–H and O–H groups in total. The Labute approximate surface area is 140 Å². The fraction of sp³-hybridized carbons (Fsp3) is 0.762. The molecule has 4 aliphatic carbocycles. The highest BCUT2D eigenvalue weighted by molar-refractivity contribution is 5.81. The largest absolute Gasteiger partial charge is 0.468 e. The molecule has 4 aliphatic rings. The molecule has 1 spiro atoms. The van der Waals surface area contributed by atoms with Gasteiger partial charge in [0.2, 0.25) is 0 Å². The summed E-state index contributed by atoms with van der Waals surface area (Å²) in [5, 5.41) is 0. The molecule has 4 rings (SSSR count). The fourth-order valence-corrected chi connectivity index (χ4v) is 6.76. The van der Waals surface area contributed by atoms with E-state index in [9.17, 15) is 4.79 Å². The summed E-state index contributed by atoms with van der Waals surface area (Å²) < 4.78 is 5.20. The number of rotatable bonds is 1. The van der Waals surface area contributed by atoms with Gasteiger partial charge in [0.1, 0.15) is 0 Å². The van der Waals surface area contributed by atoms with Crippen LogP contribution in [0, 0.1) is 22.2 Å². The molecule has 0 heterocycles. The van der Waals surface area contributed by atoms with Crippen LogP contribution in [0.4, 0.5) is 0 Å². The zero-order chi connectivity index (χ0) is 16.5. The molecule has 23 heavy (non-hydrogen) atoms. The number of hydrogen-bond donors (Lipinski definition) is 0. The molecule has 2 bridgehead atoms. The summed E-state index contributed by atoms with van der Waals surface area (Å²) in [6, 6.07) is 0. The van der Waals surface area contributed by atoms with Crippen LogP contribution in [-0.4, -0.2) is 13.1 Å². The first kappa shape index (κ1) is 15.5. The summed E-state index contributed by atoms with van der Waals surface area (Å²) >= 11 is 0. The lowest BCUT2D eigenvalue weighted by molar-refractivity contribution is -0.151. The summed E-state index contributed by atoms with van der Waals surface area (Å²) in [5.41, 5.74) is 4.92. The van der Waals surface area contributed by atoms with Crippen LogP contribution in [0.5, 0.6) is 0 Å². The van der Waals surface area contributed by atoms with E-state index in [1.165, 1.54) is 49.7 Å². The SMILES string of the molecule is C=C1CC23CCC4=C(CCC[C@@]4(C)C(=O)OC)C2(C)CC[C@H]1C3. The van der Waals surface area contributed by atoms with Gasteiger partial charge in [0.05, 0.1) is 12.5 Å². The van der Waals surface area contributed by atoms with Crippen LogP contribution in [0.15, 0.2) is 23.3 Å². The standard InChI is InChI=1S/C21H30O2/c1-14-12-21-11-8-16-17(20(21,3)10-7-15(14)13-21)6-5-9-19(16,2)18(22)23-4/h15H,1,5-13H2,2-4H3/t15-,19+,20?,21?/m0/s1. The molecule has 2 fully saturated rings. The number of fused-ring (bicyclic) bond motifs is 2. The van der Waals surface area contributed by atoms with E-state index in [0.29, 0.717) is 5.41 Å². The number of carbonyl (C=O) groups is 1. The maximum absolute atomic E-state index is 12.5. The van der Waals surface area contributed by atoms with Gasteiger partial charge in [-0.2, -0.15) is 0 Å². The average molecular weight is 314 g/mol. The summed E-state index contributed by atoms with van der Waals surface area (Å²) in [6.45, 7) is 9.04. The summed E-state index contributed by atoms with van der Waals surface area (Å²) in [5.74, 6) is 0.745. The van der Waals surface area contributed by atoms with Gasteiger partial charge in [0.25, 0.3) is 0 Å². The number of methoxy groups -OCH3 is 1. The number of carbonyl (C=O) groups excluding carboxylic acids is 1. The predicted molar refractivity (Wildman–Crippen MR) is 91.9 cm³/mol. The van der Waals surface area contributed by atoms with Crippen molar-refractivity contribution in [3.63, 3.8) is 0 Å². The Balaban J connectivity index is 1.84. The zero-order valence-electron chi connectivity index (χ0n) is 15.0. The van der Waals surface area contributed by atoms with Crippen LogP contribution in [0.3, 0.4) is 0 Å². The van der Waals surface area contributed by atoms with Gasteiger partial charge < -0.3 is 4.74 Å². The Morgan fingerprint density at radius 2 is 1.96 bits per heavy atom. The maximum atomic E-state index is 12.5. The number of hydrogen-bond acceptors (Lipinski definition) is 2. The summed E-state index contributed by atoms with van der Waals surface area (Å²) in [4.78, 5) is 12.5. The Morgan fingerprint density at radius 3 is 2.70 bits per heavy atom. The molecule has 2 saturated carbocycles. The van der Waals surface area contributed by atoms with Gasteiger partial charge in [-0.15, -0.1) is 0 Å². The highest BCUT2D eigenvalue weighted by Crippen LogP contribution is 2.71. The Kier molecular flexibility index (Phi) is 3.19. The van der Waals surface area contributed by atoms with Gasteiger partial charge >= 0.3 is 5.97 Å². The second-order valence-corrected chi connectivity index (χ2v) is 9.02. The van der Waals surface area contributed by atoms with Crippen molar-refractivity contribution in [1.29, 1.82) is 0 Å². The van der Waals surface area contributed by atoms with E-state index in [1.54, 1.807) is 12.7 Å². The van der Waals surface area contributed by atoms with Crippen molar-refractivity contribution in [1.82, 2.24) is 0 Å². The monoisotopic (exact) mass is 314 g/mol. The van der Waals surface area contributed by atoms with Crippen LogP contribution in [0.25, 0.3) is 0 Å². The first-order valence-corrected chi connectivity index (χ1v) is 9.35. The summed E-state index contributed by atoms with van der Waals surface area (Å²) in [6.07, 6.45) is 10.7. The van der Waals surface area contributed by atoms with Gasteiger partial charge in [-0.1, -0.05) is 30.2 Å². The molecule has 0 amide bonds. The minimum absolute atomic E-state index is 0.0197. The average Bonchev–Trinajstić information content (AvgIpc) is 2.81. The molecular formula is C21H30O2. The van der Waals surface area contributed by atoms with Gasteiger partial charge in [-0.25, -0.2) is 0 Å². The van der Waals surface area contributed by atoms with E-state index in [4.69, 9.17) is 4.74 Å². The molecule has 4 atom stereocenters. The number of allylic oxidation sites excluding steroid dienone is 2. The quantitative estimate of drug-likeness (QED) is 0.491. The van der Waals surface area contributed by atoms with Crippen LogP contribution in [0.1, 0.15) is 71.6 Å². The van der Waals surface area contributed by atoms with Crippen molar-refractivity contribution in [2.45, 2.75) is 71.6 Å². The molecule has 0 radical (unpaired) electrons. The van der Waals surface area contributed by atoms with E-state index in [2.05, 4.69) is 20.4 Å². The summed E-state index contributed by atoms with van der Waals surface area (Å²) in [7, 11) is 1.54. The van der Waals surface area contributed by atoms with Gasteiger partial charge in [-0.05, 0) is 81.5 Å². The lowest BCUT2D eigenvalue weighted by Gasteiger charge is -2.58. The Bertz CT molecular complexity index is 615. The van der Waals surface area contributed by atoms with Crippen LogP contribution < -0.4 is 0 Å². The van der Waals surface area contributed by atoms with Crippen molar-refractivity contribution >= 4 is 5.97 Å². The van der Waals surface area contributed by atoms with Gasteiger partial charge in [0, 0.05) is 0 Å². The van der Waals surface area contributed by atoms with Crippen molar-refractivity contribution in [3.8, 4) is 0 Å². The van der Waals surface area contributed by atoms with E-state index in [0.717, 1.165) is 25.2 Å². The van der Waals surface area contributed by atoms with Crippen LogP contribution in [0.2, 0.25) is 0 Å². The minimum Gasteiger partial charge on any atom is -0.468 e. The molecular weight excluding hydrogens is 284 g/mol. The molecule has 0 saturated heterocycles. The van der Waals surface area contributed by atoms with E-state index in [1.807, 2.05) is 0 Å². The third-order valence-electron chi connectivity index (χ3n) is 8.23. The first-order valence-electron chi connectivity index (χ1n) is 9.35. The van der Waals surface area contributed by atoms with Crippen molar-refractivity contribution in [2.75, 3.05) is 7.11 Å². The predicted octanol–water partition coefficient (Wildman–Crippen LogP) is 5.19. The second kappa shape index (κ2) is 4.74. The maximum Gasteiger partial charge on any atom is 0.315 e. The molecule has 0 aromatic heterocycles. The zero-order valence-corrected chi connectivity index (χ0v) is 15.0. The van der Waals surface area contributed by atoms with Gasteiger partial charge in [-0.3, -0.25) is 4.79 Å². The lowest BCUT2D eigenvalue weighted by Crippen LogP contribution is -2.49. The number of esters is 1. The molecule has 2 unspecified atom stereocenters. The minimum atomic E-state index is -0.376. The molecule has 126 valence electrons. The molecule has 0 aromatic rings. The van der Waals surface area contributed by atoms with Gasteiger partial charge in [0.15, 0.2) is 0 Å². The molecule has 2 heteroatoms. The highest BCUT2D eigenvalue weighted by Gasteiger charge is 2.61. The third-order valence-corrected chi connectivity index (χ3v) is 8.23. The molecule has 0 aliphatic heterocycles. The topological polar surface area (TPSA) is 26.3 Å². The van der Waals surface area contributed by atoms with E-state index < -0.39 is 0 Å². The molecule has 0 aromatic carbocycles. The highest BCUT2D eigenvalue weighted by atomic mass is 16.5. The Hall–Kier alpha value is -1.05. The Morgan fingerprint density at radius 1 is 1.17 bits per heavy atom. The van der Waals surface area contributed by atoms with Crippen molar-refractivity contribution in [3.05, 3.63) is 23.3 Å². The first-order chi connectivity index (χ1) is 10.9. The number of ether oxygens (including phenoxy) is 1. The van der Waals surface area contributed by atoms with E-state index in [-0.39, 0.29) is 16.8 Å². The van der Waals surface area contributed by atoms with Crippen LogP contribution in [-0.2, 0) is 9.53 Å². The second-order valence-electron chi connectivity index (χ2n) is 9.02. The fourth-order valence-electron chi connectivity index (χ4n) is 6.76. The normalized spacial score (nSPS) is 45.5. The van der Waals surface area contributed by atoms with Crippen molar-refractivity contribution < 1.29 is 9.53 Å². The third kappa shape index (κ3) is 1.78. The lowest BCUT2D eigenvalue weighted by atomic mass is 9.46. The van der Waals surface area contributed by atoms with Crippen molar-refractivity contribution in [2.24, 2.45) is 22.2 Å². The molecule has 2 nitrogen and oxygen atoms in total.